The molecule has 3 nitrogen and oxygen atoms in total. The number of nitrogens with two attached hydrogens (primary N) is 1. The Morgan fingerprint density at radius 3 is 2.45 bits per heavy atom. The summed E-state index contributed by atoms with van der Waals surface area (Å²) in [7, 11) is 0. The van der Waals surface area contributed by atoms with Gasteiger partial charge < -0.3 is 11.1 Å². The van der Waals surface area contributed by atoms with E-state index in [-0.39, 0.29) is 11.5 Å². The highest BCUT2D eigenvalue weighted by molar-refractivity contribution is 5.62. The zero-order valence-electron chi connectivity index (χ0n) is 10.8. The highest BCUT2D eigenvalue weighted by Gasteiger charge is 2.31. The van der Waals surface area contributed by atoms with Crippen LogP contribution in [0.5, 0.6) is 0 Å². The van der Waals surface area contributed by atoms with E-state index in [2.05, 4.69) is 10.3 Å². The van der Waals surface area contributed by atoms with E-state index in [1.165, 1.54) is 0 Å². The van der Waals surface area contributed by atoms with Crippen molar-refractivity contribution in [3.8, 4) is 0 Å². The lowest BCUT2D eigenvalue weighted by atomic mass is 10.1. The van der Waals surface area contributed by atoms with Crippen LogP contribution in [0.1, 0.15) is 16.7 Å². The number of nitrogen functional groups attached to an aromatic ring is 1. The summed E-state index contributed by atoms with van der Waals surface area (Å²) in [5.41, 5.74) is 7.01. The van der Waals surface area contributed by atoms with Crippen molar-refractivity contribution in [1.29, 1.82) is 0 Å². The molecule has 0 unspecified atom stereocenters. The molecular formula is C14H14F3N3. The van der Waals surface area contributed by atoms with E-state index < -0.39 is 11.7 Å². The molecule has 2 aromatic rings. The van der Waals surface area contributed by atoms with Gasteiger partial charge >= 0.3 is 6.18 Å². The van der Waals surface area contributed by atoms with Crippen LogP contribution in [0.25, 0.3) is 0 Å². The van der Waals surface area contributed by atoms with Crippen molar-refractivity contribution in [2.75, 3.05) is 11.1 Å². The van der Waals surface area contributed by atoms with Crippen molar-refractivity contribution in [3.05, 3.63) is 53.2 Å². The first kappa shape index (κ1) is 14.2. The number of benzene rings is 1. The Morgan fingerprint density at radius 1 is 1.20 bits per heavy atom. The summed E-state index contributed by atoms with van der Waals surface area (Å²) in [6.45, 7) is 2.35. The van der Waals surface area contributed by atoms with Crippen molar-refractivity contribution < 1.29 is 13.2 Å². The van der Waals surface area contributed by atoms with Gasteiger partial charge in [-0.05, 0) is 18.6 Å². The predicted molar refractivity (Wildman–Crippen MR) is 72.2 cm³/mol. The van der Waals surface area contributed by atoms with Crippen LogP contribution in [-0.2, 0) is 12.7 Å². The third-order valence-corrected chi connectivity index (χ3v) is 2.85. The van der Waals surface area contributed by atoms with E-state index in [0.717, 1.165) is 23.4 Å². The van der Waals surface area contributed by atoms with Crippen LogP contribution in [0.15, 0.2) is 36.5 Å². The molecule has 0 spiro atoms. The number of rotatable bonds is 3. The number of hydrogen-bond acceptors (Lipinski definition) is 3. The summed E-state index contributed by atoms with van der Waals surface area (Å²) in [4.78, 5) is 3.57. The molecular weight excluding hydrogens is 267 g/mol. The van der Waals surface area contributed by atoms with E-state index in [1.54, 1.807) is 0 Å². The molecule has 0 aliphatic rings. The Bertz CT molecular complexity index is 592. The third-order valence-electron chi connectivity index (χ3n) is 2.85. The van der Waals surface area contributed by atoms with Crippen LogP contribution >= 0.6 is 0 Å². The second kappa shape index (κ2) is 5.40. The van der Waals surface area contributed by atoms with Gasteiger partial charge in [0.25, 0.3) is 0 Å². The maximum absolute atomic E-state index is 12.6. The van der Waals surface area contributed by atoms with Gasteiger partial charge in [-0.15, -0.1) is 0 Å². The molecule has 0 aliphatic carbocycles. The molecule has 0 bridgehead atoms. The molecule has 0 radical (unpaired) electrons. The highest BCUT2D eigenvalue weighted by Crippen LogP contribution is 2.31. The number of nitrogens with one attached hydrogen (secondary N) is 1. The largest absolute Gasteiger partial charge is 0.417 e. The second-order valence-corrected chi connectivity index (χ2v) is 4.49. The molecule has 0 atom stereocenters. The lowest BCUT2D eigenvalue weighted by Gasteiger charge is -2.12. The van der Waals surface area contributed by atoms with E-state index in [9.17, 15) is 13.2 Å². The first-order valence-corrected chi connectivity index (χ1v) is 5.98. The van der Waals surface area contributed by atoms with Gasteiger partial charge in [-0.3, -0.25) is 0 Å². The van der Waals surface area contributed by atoms with Gasteiger partial charge in [0.2, 0.25) is 0 Å². The molecule has 1 heterocycles. The van der Waals surface area contributed by atoms with Crippen LogP contribution in [0, 0.1) is 6.92 Å². The van der Waals surface area contributed by atoms with Crippen LogP contribution in [0.3, 0.4) is 0 Å². The first-order valence-electron chi connectivity index (χ1n) is 5.98. The van der Waals surface area contributed by atoms with Gasteiger partial charge in [-0.2, -0.15) is 13.2 Å². The lowest BCUT2D eigenvalue weighted by molar-refractivity contribution is -0.137. The minimum atomic E-state index is -4.43. The number of aryl methyl sites for hydroxylation is 1. The zero-order valence-corrected chi connectivity index (χ0v) is 10.8. The monoisotopic (exact) mass is 281 g/mol. The molecule has 106 valence electrons. The second-order valence-electron chi connectivity index (χ2n) is 4.49. The van der Waals surface area contributed by atoms with Gasteiger partial charge in [0.15, 0.2) is 0 Å². The average molecular weight is 281 g/mol. The van der Waals surface area contributed by atoms with Gasteiger partial charge in [0.1, 0.15) is 5.82 Å². The van der Waals surface area contributed by atoms with Crippen molar-refractivity contribution in [1.82, 2.24) is 4.98 Å². The summed E-state index contributed by atoms with van der Waals surface area (Å²) < 4.78 is 37.8. The molecule has 1 aromatic heterocycles. The SMILES string of the molecule is Cc1ccc(CNc2cc(C(F)(F)F)cnc2N)cc1. The Kier molecular flexibility index (Phi) is 3.83. The van der Waals surface area contributed by atoms with Gasteiger partial charge in [0.05, 0.1) is 11.3 Å². The van der Waals surface area contributed by atoms with E-state index in [0.29, 0.717) is 6.54 Å². The summed E-state index contributed by atoms with van der Waals surface area (Å²) in [5, 5.41) is 2.87. The molecule has 6 heteroatoms. The number of alkyl halides is 3. The van der Waals surface area contributed by atoms with E-state index in [1.807, 2.05) is 31.2 Å². The Balaban J connectivity index is 2.14. The maximum atomic E-state index is 12.6. The molecule has 0 aliphatic heterocycles. The standard InChI is InChI=1S/C14H14F3N3/c1-9-2-4-10(5-3-9)7-19-12-6-11(14(15,16)17)8-20-13(12)18/h2-6,8,19H,7H2,1H3,(H2,18,20). The first-order chi connectivity index (χ1) is 9.36. The number of anilines is 2. The smallest absolute Gasteiger partial charge is 0.382 e. The van der Waals surface area contributed by atoms with Crippen molar-refractivity contribution in [2.24, 2.45) is 0 Å². The minimum Gasteiger partial charge on any atom is -0.382 e. The van der Waals surface area contributed by atoms with Gasteiger partial charge in [-0.1, -0.05) is 29.8 Å². The number of halogens is 3. The van der Waals surface area contributed by atoms with Crippen molar-refractivity contribution in [3.63, 3.8) is 0 Å². The molecule has 20 heavy (non-hydrogen) atoms. The van der Waals surface area contributed by atoms with Crippen LogP contribution < -0.4 is 11.1 Å². The molecule has 1 aromatic carbocycles. The van der Waals surface area contributed by atoms with Crippen LogP contribution in [0.4, 0.5) is 24.7 Å². The topological polar surface area (TPSA) is 50.9 Å². The van der Waals surface area contributed by atoms with Gasteiger partial charge in [0, 0.05) is 12.7 Å². The maximum Gasteiger partial charge on any atom is 0.417 e. The lowest BCUT2D eigenvalue weighted by Crippen LogP contribution is -2.10. The Labute approximate surface area is 114 Å². The highest BCUT2D eigenvalue weighted by atomic mass is 19.4. The summed E-state index contributed by atoms with van der Waals surface area (Å²) >= 11 is 0. The molecule has 0 amide bonds. The van der Waals surface area contributed by atoms with Crippen molar-refractivity contribution in [2.45, 2.75) is 19.6 Å². The quantitative estimate of drug-likeness (QED) is 0.903. The average Bonchev–Trinajstić information content (AvgIpc) is 2.38. The normalized spacial score (nSPS) is 11.4. The summed E-state index contributed by atoms with van der Waals surface area (Å²) in [6.07, 6.45) is -3.70. The number of pyridine rings is 1. The van der Waals surface area contributed by atoms with E-state index >= 15 is 0 Å². The third kappa shape index (κ3) is 3.40. The van der Waals surface area contributed by atoms with Crippen LogP contribution in [0.2, 0.25) is 0 Å². The van der Waals surface area contributed by atoms with Crippen LogP contribution in [-0.4, -0.2) is 4.98 Å². The number of hydrogen-bond donors (Lipinski definition) is 2. The fraction of sp³-hybridized carbons (Fsp3) is 0.214. The number of nitrogens with zero attached hydrogens (tertiary/aromatic N) is 1. The van der Waals surface area contributed by atoms with Crippen molar-refractivity contribution >= 4 is 11.5 Å². The molecule has 3 N–H and O–H groups in total. The predicted octanol–water partition coefficient (Wildman–Crippen LogP) is 3.60. The molecule has 0 saturated heterocycles. The molecule has 0 fully saturated rings. The Hall–Kier alpha value is -2.24. The van der Waals surface area contributed by atoms with Gasteiger partial charge in [-0.25, -0.2) is 4.98 Å². The number of aromatic nitrogens is 1. The minimum absolute atomic E-state index is 0.0464. The summed E-state index contributed by atoms with van der Waals surface area (Å²) in [5.74, 6) is 0.0464. The summed E-state index contributed by atoms with van der Waals surface area (Å²) in [6, 6.07) is 8.64. The fourth-order valence-corrected chi connectivity index (χ4v) is 1.68. The molecule has 0 saturated carbocycles. The zero-order chi connectivity index (χ0) is 14.8. The fourth-order valence-electron chi connectivity index (χ4n) is 1.68. The van der Waals surface area contributed by atoms with E-state index in [4.69, 9.17) is 5.73 Å². The Morgan fingerprint density at radius 2 is 1.85 bits per heavy atom. The molecule has 2 rings (SSSR count).